The number of nitrogens with one attached hydrogen (secondary N) is 1. The Bertz CT molecular complexity index is 323. The van der Waals surface area contributed by atoms with Crippen molar-refractivity contribution < 1.29 is 9.90 Å². The van der Waals surface area contributed by atoms with E-state index in [1.807, 2.05) is 0 Å². The zero-order valence-electron chi connectivity index (χ0n) is 8.47. The van der Waals surface area contributed by atoms with Crippen LogP contribution in [0.1, 0.15) is 25.7 Å². The largest absolute Gasteiger partial charge is 0.391 e. The highest BCUT2D eigenvalue weighted by molar-refractivity contribution is 5.76. The second kappa shape index (κ2) is 4.44. The molecule has 1 fully saturated rings. The molecular weight excluding hydrogens is 194 g/mol. The van der Waals surface area contributed by atoms with Gasteiger partial charge in [-0.2, -0.15) is 0 Å². The molecule has 2 atom stereocenters. The lowest BCUT2D eigenvalue weighted by molar-refractivity contribution is 0.0944. The summed E-state index contributed by atoms with van der Waals surface area (Å²) in [5, 5.41) is 12.5. The van der Waals surface area contributed by atoms with Crippen molar-refractivity contribution in [3.8, 4) is 0 Å². The SMILES string of the molecule is O=C(NC1CCCCC1O)n1ccnc1. The van der Waals surface area contributed by atoms with Gasteiger partial charge in [0.15, 0.2) is 0 Å². The molecule has 0 saturated heterocycles. The number of amides is 1. The molecule has 0 radical (unpaired) electrons. The predicted molar refractivity (Wildman–Crippen MR) is 54.4 cm³/mol. The Morgan fingerprint density at radius 3 is 2.93 bits per heavy atom. The summed E-state index contributed by atoms with van der Waals surface area (Å²) >= 11 is 0. The number of rotatable bonds is 1. The summed E-state index contributed by atoms with van der Waals surface area (Å²) in [6.45, 7) is 0. The van der Waals surface area contributed by atoms with Crippen molar-refractivity contribution in [1.82, 2.24) is 14.9 Å². The van der Waals surface area contributed by atoms with E-state index in [1.54, 1.807) is 12.4 Å². The van der Waals surface area contributed by atoms with Crippen molar-refractivity contribution in [2.45, 2.75) is 37.8 Å². The van der Waals surface area contributed by atoms with E-state index in [4.69, 9.17) is 0 Å². The minimum atomic E-state index is -0.411. The van der Waals surface area contributed by atoms with E-state index in [9.17, 15) is 9.90 Å². The summed E-state index contributed by atoms with van der Waals surface area (Å²) in [7, 11) is 0. The van der Waals surface area contributed by atoms with Crippen LogP contribution in [0.4, 0.5) is 4.79 Å². The maximum atomic E-state index is 11.6. The van der Waals surface area contributed by atoms with Crippen LogP contribution in [-0.2, 0) is 0 Å². The van der Waals surface area contributed by atoms with E-state index in [2.05, 4.69) is 10.3 Å². The first-order valence-electron chi connectivity index (χ1n) is 5.24. The monoisotopic (exact) mass is 209 g/mol. The van der Waals surface area contributed by atoms with E-state index in [0.717, 1.165) is 25.7 Å². The predicted octanol–water partition coefficient (Wildman–Crippen LogP) is 0.744. The van der Waals surface area contributed by atoms with E-state index in [1.165, 1.54) is 10.9 Å². The minimum Gasteiger partial charge on any atom is -0.391 e. The number of hydrogen-bond acceptors (Lipinski definition) is 3. The van der Waals surface area contributed by atoms with Crippen molar-refractivity contribution in [2.75, 3.05) is 0 Å². The Kier molecular flexibility index (Phi) is 3.01. The van der Waals surface area contributed by atoms with E-state index < -0.39 is 6.10 Å². The van der Waals surface area contributed by atoms with Gasteiger partial charge in [-0.25, -0.2) is 9.78 Å². The molecule has 1 aliphatic rings. The van der Waals surface area contributed by atoms with Crippen LogP contribution in [0.3, 0.4) is 0 Å². The van der Waals surface area contributed by atoms with Gasteiger partial charge in [-0.15, -0.1) is 0 Å². The van der Waals surface area contributed by atoms with Gasteiger partial charge < -0.3 is 10.4 Å². The standard InChI is InChI=1S/C10H15N3O2/c14-9-4-2-1-3-8(9)12-10(15)13-6-5-11-7-13/h5-9,14H,1-4H2,(H,12,15). The second-order valence-corrected chi connectivity index (χ2v) is 3.88. The van der Waals surface area contributed by atoms with Gasteiger partial charge in [0.25, 0.3) is 0 Å². The average Bonchev–Trinajstić information content (AvgIpc) is 2.74. The minimum absolute atomic E-state index is 0.117. The van der Waals surface area contributed by atoms with Crippen LogP contribution in [0, 0.1) is 0 Å². The van der Waals surface area contributed by atoms with Crippen molar-refractivity contribution in [2.24, 2.45) is 0 Å². The lowest BCUT2D eigenvalue weighted by Gasteiger charge is -2.28. The Labute approximate surface area is 88.1 Å². The molecule has 5 heteroatoms. The molecule has 15 heavy (non-hydrogen) atoms. The molecule has 82 valence electrons. The first-order chi connectivity index (χ1) is 7.27. The molecule has 2 rings (SSSR count). The third-order valence-corrected chi connectivity index (χ3v) is 2.78. The number of hydrogen-bond donors (Lipinski definition) is 2. The number of nitrogens with zero attached hydrogens (tertiary/aromatic N) is 2. The van der Waals surface area contributed by atoms with Gasteiger partial charge in [0, 0.05) is 12.4 Å². The summed E-state index contributed by atoms with van der Waals surface area (Å²) in [6.07, 6.45) is 7.90. The van der Waals surface area contributed by atoms with Crippen LogP contribution >= 0.6 is 0 Å². The van der Waals surface area contributed by atoms with Gasteiger partial charge in [-0.3, -0.25) is 4.57 Å². The van der Waals surface area contributed by atoms with Gasteiger partial charge in [-0.1, -0.05) is 12.8 Å². The summed E-state index contributed by atoms with van der Waals surface area (Å²) in [5.74, 6) is 0. The summed E-state index contributed by atoms with van der Waals surface area (Å²) in [5.41, 5.74) is 0. The number of aromatic nitrogens is 2. The number of aliphatic hydroxyl groups is 1. The highest BCUT2D eigenvalue weighted by Crippen LogP contribution is 2.18. The Balaban J connectivity index is 1.93. The Morgan fingerprint density at radius 2 is 2.27 bits per heavy atom. The molecule has 1 aliphatic carbocycles. The first-order valence-corrected chi connectivity index (χ1v) is 5.24. The van der Waals surface area contributed by atoms with E-state index in [-0.39, 0.29) is 12.1 Å². The highest BCUT2D eigenvalue weighted by atomic mass is 16.3. The average molecular weight is 209 g/mol. The quantitative estimate of drug-likeness (QED) is 0.717. The Hall–Kier alpha value is -1.36. The van der Waals surface area contributed by atoms with Gasteiger partial charge in [-0.05, 0) is 12.8 Å². The first kappa shape index (κ1) is 10.2. The van der Waals surface area contributed by atoms with Crippen LogP contribution in [0.25, 0.3) is 0 Å². The fourth-order valence-corrected chi connectivity index (χ4v) is 1.89. The van der Waals surface area contributed by atoms with Gasteiger partial charge >= 0.3 is 6.03 Å². The van der Waals surface area contributed by atoms with Gasteiger partial charge in [0.2, 0.25) is 0 Å². The van der Waals surface area contributed by atoms with Crippen LogP contribution in [-0.4, -0.2) is 32.8 Å². The zero-order chi connectivity index (χ0) is 10.7. The Morgan fingerprint density at radius 1 is 1.47 bits per heavy atom. The second-order valence-electron chi connectivity index (χ2n) is 3.88. The molecule has 2 N–H and O–H groups in total. The molecule has 0 aliphatic heterocycles. The summed E-state index contributed by atoms with van der Waals surface area (Å²) in [4.78, 5) is 15.4. The normalized spacial score (nSPS) is 26.2. The molecule has 2 unspecified atom stereocenters. The molecule has 0 bridgehead atoms. The molecule has 1 heterocycles. The summed E-state index contributed by atoms with van der Waals surface area (Å²) in [6, 6.07) is -0.341. The van der Waals surface area contributed by atoms with E-state index in [0.29, 0.717) is 0 Å². The molecule has 1 aromatic rings. The summed E-state index contributed by atoms with van der Waals surface area (Å²) < 4.78 is 1.38. The molecular formula is C10H15N3O2. The fraction of sp³-hybridized carbons (Fsp3) is 0.600. The molecule has 1 saturated carbocycles. The van der Waals surface area contributed by atoms with Crippen LogP contribution in [0.5, 0.6) is 0 Å². The smallest absolute Gasteiger partial charge is 0.327 e. The molecule has 0 spiro atoms. The topological polar surface area (TPSA) is 67.2 Å². The third-order valence-electron chi connectivity index (χ3n) is 2.78. The molecule has 0 aromatic carbocycles. The zero-order valence-corrected chi connectivity index (χ0v) is 8.47. The highest BCUT2D eigenvalue weighted by Gasteiger charge is 2.24. The van der Waals surface area contributed by atoms with Crippen molar-refractivity contribution in [1.29, 1.82) is 0 Å². The lowest BCUT2D eigenvalue weighted by Crippen LogP contribution is -2.46. The molecule has 5 nitrogen and oxygen atoms in total. The fourth-order valence-electron chi connectivity index (χ4n) is 1.89. The van der Waals surface area contributed by atoms with Crippen LogP contribution < -0.4 is 5.32 Å². The molecule has 1 amide bonds. The number of carbonyl (C=O) groups is 1. The van der Waals surface area contributed by atoms with Crippen molar-refractivity contribution in [3.05, 3.63) is 18.7 Å². The third kappa shape index (κ3) is 2.36. The van der Waals surface area contributed by atoms with E-state index >= 15 is 0 Å². The van der Waals surface area contributed by atoms with Crippen LogP contribution in [0.2, 0.25) is 0 Å². The van der Waals surface area contributed by atoms with Crippen LogP contribution in [0.15, 0.2) is 18.7 Å². The van der Waals surface area contributed by atoms with Gasteiger partial charge in [0.05, 0.1) is 12.1 Å². The van der Waals surface area contributed by atoms with Crippen molar-refractivity contribution in [3.63, 3.8) is 0 Å². The number of carbonyl (C=O) groups excluding carboxylic acids is 1. The maximum Gasteiger partial charge on any atom is 0.327 e. The lowest BCUT2D eigenvalue weighted by atomic mass is 9.93. The van der Waals surface area contributed by atoms with Gasteiger partial charge in [0.1, 0.15) is 6.33 Å². The number of aliphatic hydroxyl groups excluding tert-OH is 1. The molecule has 1 aromatic heterocycles. The van der Waals surface area contributed by atoms with Crippen molar-refractivity contribution >= 4 is 6.03 Å². The maximum absolute atomic E-state index is 11.6. The number of imidazole rings is 1.